The first-order chi connectivity index (χ1) is 8.64. The molecule has 1 heterocycles. The summed E-state index contributed by atoms with van der Waals surface area (Å²) in [7, 11) is 0. The molecule has 0 aromatic heterocycles. The Labute approximate surface area is 110 Å². The fourth-order valence-corrected chi connectivity index (χ4v) is 2.79. The number of nitrogens with one attached hydrogen (secondary N) is 2. The second kappa shape index (κ2) is 5.85. The molecular formula is C14H25N3O. The van der Waals surface area contributed by atoms with E-state index in [9.17, 15) is 4.79 Å². The van der Waals surface area contributed by atoms with Crippen molar-refractivity contribution in [3.05, 3.63) is 11.8 Å². The van der Waals surface area contributed by atoms with Gasteiger partial charge in [0.25, 0.3) is 0 Å². The lowest BCUT2D eigenvalue weighted by Crippen LogP contribution is -2.49. The number of amides is 1. The highest BCUT2D eigenvalue weighted by atomic mass is 16.2. The van der Waals surface area contributed by atoms with Gasteiger partial charge in [-0.05, 0) is 46.1 Å². The Morgan fingerprint density at radius 3 is 3.00 bits per heavy atom. The van der Waals surface area contributed by atoms with E-state index in [-0.39, 0.29) is 11.4 Å². The van der Waals surface area contributed by atoms with Crippen LogP contribution in [0.15, 0.2) is 11.8 Å². The second-order valence-electron chi connectivity index (χ2n) is 5.57. The summed E-state index contributed by atoms with van der Waals surface area (Å²) in [5, 5.41) is 6.75. The predicted octanol–water partition coefficient (Wildman–Crippen LogP) is 1.24. The van der Waals surface area contributed by atoms with Crippen molar-refractivity contribution < 1.29 is 4.79 Å². The van der Waals surface area contributed by atoms with Crippen LogP contribution in [0.5, 0.6) is 0 Å². The summed E-state index contributed by atoms with van der Waals surface area (Å²) in [6.45, 7) is 7.46. The highest BCUT2D eigenvalue weighted by Gasteiger charge is 2.29. The Morgan fingerprint density at radius 2 is 2.44 bits per heavy atom. The van der Waals surface area contributed by atoms with Crippen LogP contribution < -0.4 is 10.6 Å². The zero-order valence-corrected chi connectivity index (χ0v) is 11.6. The van der Waals surface area contributed by atoms with Gasteiger partial charge < -0.3 is 15.5 Å². The summed E-state index contributed by atoms with van der Waals surface area (Å²) in [6.07, 6.45) is 6.66. The third-order valence-corrected chi connectivity index (χ3v) is 4.02. The quantitative estimate of drug-likeness (QED) is 0.773. The van der Waals surface area contributed by atoms with Gasteiger partial charge >= 0.3 is 0 Å². The number of hydrogen-bond donors (Lipinski definition) is 2. The Morgan fingerprint density at radius 1 is 1.61 bits per heavy atom. The average Bonchev–Trinajstić information content (AvgIpc) is 3.00. The smallest absolute Gasteiger partial charge is 0.240 e. The minimum absolute atomic E-state index is 0.0825. The van der Waals surface area contributed by atoms with Gasteiger partial charge in [0.2, 0.25) is 5.91 Å². The molecule has 1 unspecified atom stereocenters. The van der Waals surface area contributed by atoms with Gasteiger partial charge in [0.05, 0.1) is 6.54 Å². The molecule has 0 radical (unpaired) electrons. The van der Waals surface area contributed by atoms with Crippen LogP contribution in [0.1, 0.15) is 39.5 Å². The van der Waals surface area contributed by atoms with Crippen LogP contribution in [0.2, 0.25) is 0 Å². The van der Waals surface area contributed by atoms with Gasteiger partial charge in [-0.1, -0.05) is 6.08 Å². The van der Waals surface area contributed by atoms with E-state index >= 15 is 0 Å². The van der Waals surface area contributed by atoms with Crippen molar-refractivity contribution in [2.24, 2.45) is 0 Å². The van der Waals surface area contributed by atoms with E-state index in [0.717, 1.165) is 38.9 Å². The summed E-state index contributed by atoms with van der Waals surface area (Å²) in [5.41, 5.74) is 1.30. The molecule has 0 aromatic rings. The molecule has 4 heteroatoms. The van der Waals surface area contributed by atoms with Crippen LogP contribution in [-0.2, 0) is 4.79 Å². The monoisotopic (exact) mass is 251 g/mol. The van der Waals surface area contributed by atoms with Gasteiger partial charge in [0.15, 0.2) is 0 Å². The van der Waals surface area contributed by atoms with Crippen molar-refractivity contribution in [2.45, 2.75) is 45.1 Å². The number of likely N-dealkylation sites (N-methyl/N-ethyl adjacent to an activating group) is 1. The summed E-state index contributed by atoms with van der Waals surface area (Å²) in [4.78, 5) is 14.2. The third-order valence-electron chi connectivity index (χ3n) is 4.02. The Kier molecular flexibility index (Phi) is 4.40. The summed E-state index contributed by atoms with van der Waals surface area (Å²) in [5.74, 6) is 0.207. The maximum absolute atomic E-state index is 12.3. The number of nitrogens with zero attached hydrogens (tertiary/aromatic N) is 1. The van der Waals surface area contributed by atoms with Gasteiger partial charge in [-0.3, -0.25) is 4.79 Å². The van der Waals surface area contributed by atoms with E-state index in [4.69, 9.17) is 0 Å². The molecule has 0 aromatic carbocycles. The molecule has 18 heavy (non-hydrogen) atoms. The summed E-state index contributed by atoms with van der Waals surface area (Å²) < 4.78 is 0. The SMILES string of the molecule is CCN(C(=O)CNC1(C)CCNC1)C1=CCCC1. The van der Waals surface area contributed by atoms with E-state index in [2.05, 4.69) is 30.6 Å². The largest absolute Gasteiger partial charge is 0.316 e. The molecule has 0 spiro atoms. The Balaban J connectivity index is 1.86. The molecule has 4 nitrogen and oxygen atoms in total. The van der Waals surface area contributed by atoms with Crippen molar-refractivity contribution in [1.82, 2.24) is 15.5 Å². The predicted molar refractivity (Wildman–Crippen MR) is 73.2 cm³/mol. The molecule has 102 valence electrons. The third kappa shape index (κ3) is 3.12. The Bertz CT molecular complexity index is 332. The molecular weight excluding hydrogens is 226 g/mol. The molecule has 1 saturated heterocycles. The lowest BCUT2D eigenvalue weighted by atomic mass is 10.0. The minimum Gasteiger partial charge on any atom is -0.316 e. The van der Waals surface area contributed by atoms with E-state index < -0.39 is 0 Å². The van der Waals surface area contributed by atoms with E-state index in [0.29, 0.717) is 6.54 Å². The van der Waals surface area contributed by atoms with Gasteiger partial charge in [-0.15, -0.1) is 0 Å². The molecule has 1 fully saturated rings. The fraction of sp³-hybridized carbons (Fsp3) is 0.786. The lowest BCUT2D eigenvalue weighted by molar-refractivity contribution is -0.128. The highest BCUT2D eigenvalue weighted by Crippen LogP contribution is 2.21. The van der Waals surface area contributed by atoms with Crippen LogP contribution in [0.3, 0.4) is 0 Å². The molecule has 2 aliphatic rings. The molecule has 2 N–H and O–H groups in total. The topological polar surface area (TPSA) is 44.4 Å². The zero-order valence-electron chi connectivity index (χ0n) is 11.6. The van der Waals surface area contributed by atoms with E-state index in [1.54, 1.807) is 0 Å². The minimum atomic E-state index is 0.0825. The van der Waals surface area contributed by atoms with E-state index in [1.807, 2.05) is 4.90 Å². The second-order valence-corrected chi connectivity index (χ2v) is 5.57. The average molecular weight is 251 g/mol. The number of hydrogen-bond acceptors (Lipinski definition) is 3. The number of allylic oxidation sites excluding steroid dienone is 2. The van der Waals surface area contributed by atoms with Crippen molar-refractivity contribution >= 4 is 5.91 Å². The molecule has 1 aliphatic carbocycles. The summed E-state index contributed by atoms with van der Waals surface area (Å²) >= 11 is 0. The molecule has 1 amide bonds. The van der Waals surface area contributed by atoms with Crippen LogP contribution in [-0.4, -0.2) is 42.5 Å². The molecule has 1 aliphatic heterocycles. The first-order valence-electron chi connectivity index (χ1n) is 7.10. The summed E-state index contributed by atoms with van der Waals surface area (Å²) in [6, 6.07) is 0. The van der Waals surface area contributed by atoms with Crippen molar-refractivity contribution in [1.29, 1.82) is 0 Å². The van der Waals surface area contributed by atoms with Gasteiger partial charge in [0.1, 0.15) is 0 Å². The molecule has 0 saturated carbocycles. The van der Waals surface area contributed by atoms with Crippen LogP contribution >= 0.6 is 0 Å². The first-order valence-corrected chi connectivity index (χ1v) is 7.10. The molecule has 2 rings (SSSR count). The number of carbonyl (C=O) groups excluding carboxylic acids is 1. The zero-order chi connectivity index (χ0) is 13.0. The normalized spacial score (nSPS) is 27.3. The molecule has 1 atom stereocenters. The maximum Gasteiger partial charge on any atom is 0.240 e. The van der Waals surface area contributed by atoms with Crippen LogP contribution in [0.25, 0.3) is 0 Å². The van der Waals surface area contributed by atoms with Crippen LogP contribution in [0.4, 0.5) is 0 Å². The number of carbonyl (C=O) groups is 1. The number of rotatable bonds is 5. The first kappa shape index (κ1) is 13.6. The van der Waals surface area contributed by atoms with Gasteiger partial charge in [-0.2, -0.15) is 0 Å². The van der Waals surface area contributed by atoms with Gasteiger partial charge in [-0.25, -0.2) is 0 Å². The van der Waals surface area contributed by atoms with Crippen molar-refractivity contribution in [3.63, 3.8) is 0 Å². The highest BCUT2D eigenvalue weighted by molar-refractivity contribution is 5.80. The fourth-order valence-electron chi connectivity index (χ4n) is 2.79. The van der Waals surface area contributed by atoms with Crippen molar-refractivity contribution in [2.75, 3.05) is 26.2 Å². The van der Waals surface area contributed by atoms with Gasteiger partial charge in [0, 0.05) is 24.3 Å². The standard InChI is InChI=1S/C14H25N3O/c1-3-17(12-6-4-5-7-12)13(18)10-16-14(2)8-9-15-11-14/h6,15-16H,3-5,7-11H2,1-2H3. The molecule has 0 bridgehead atoms. The van der Waals surface area contributed by atoms with Crippen LogP contribution in [0, 0.1) is 0 Å². The van der Waals surface area contributed by atoms with E-state index in [1.165, 1.54) is 12.1 Å². The lowest BCUT2D eigenvalue weighted by Gasteiger charge is -2.27. The van der Waals surface area contributed by atoms with Crippen molar-refractivity contribution in [3.8, 4) is 0 Å². The maximum atomic E-state index is 12.3. The Hall–Kier alpha value is -0.870.